The number of aromatic amines is 1. The van der Waals surface area contributed by atoms with Crippen molar-refractivity contribution in [3.63, 3.8) is 0 Å². The van der Waals surface area contributed by atoms with Crippen molar-refractivity contribution in [1.82, 2.24) is 8.94 Å². The molecule has 148 valence electrons. The average Bonchev–Trinajstić information content (AvgIpc) is 3.25. The zero-order valence-corrected chi connectivity index (χ0v) is 16.8. The van der Waals surface area contributed by atoms with Crippen LogP contribution in [0.4, 0.5) is 5.69 Å². The average molecular weight is 401 g/mol. The summed E-state index contributed by atoms with van der Waals surface area (Å²) in [5.41, 5.74) is 7.40. The second kappa shape index (κ2) is 6.35. The number of nitrogens with zero attached hydrogens (tertiary/aromatic N) is 2. The molecular weight excluding hydrogens is 376 g/mol. The number of nitrogens with one attached hydrogen (secondary N) is 1. The zero-order chi connectivity index (χ0) is 19.6. The molecule has 1 saturated carbocycles. The summed E-state index contributed by atoms with van der Waals surface area (Å²) in [5, 5.41) is 0.809. The van der Waals surface area contributed by atoms with Gasteiger partial charge in [-0.25, -0.2) is 0 Å². The Balaban J connectivity index is 1.80. The topological polar surface area (TPSA) is 93.3 Å². The fourth-order valence-electron chi connectivity index (χ4n) is 4.45. The zero-order valence-electron chi connectivity index (χ0n) is 16.0. The van der Waals surface area contributed by atoms with Crippen LogP contribution in [-0.4, -0.2) is 35.2 Å². The highest BCUT2D eigenvalue weighted by atomic mass is 32.1. The largest absolute Gasteiger partial charge is 0.492 e. The molecule has 2 aromatic heterocycles. The van der Waals surface area contributed by atoms with Crippen molar-refractivity contribution in [3.8, 4) is 5.75 Å². The second-order valence-electron chi connectivity index (χ2n) is 8.01. The highest BCUT2D eigenvalue weighted by molar-refractivity contribution is 7.12. The van der Waals surface area contributed by atoms with Gasteiger partial charge < -0.3 is 19.9 Å². The molecule has 28 heavy (non-hydrogen) atoms. The highest BCUT2D eigenvalue weighted by Gasteiger charge is 2.32. The molecule has 0 amide bonds. The Morgan fingerprint density at radius 2 is 2.07 bits per heavy atom. The third kappa shape index (κ3) is 2.51. The van der Waals surface area contributed by atoms with Crippen LogP contribution in [-0.2, 0) is 0 Å². The van der Waals surface area contributed by atoms with Crippen molar-refractivity contribution >= 4 is 38.3 Å². The van der Waals surface area contributed by atoms with Crippen molar-refractivity contribution in [3.05, 3.63) is 32.7 Å². The third-order valence-corrected chi connectivity index (χ3v) is 7.03. The first kappa shape index (κ1) is 17.8. The second-order valence-corrected chi connectivity index (χ2v) is 8.81. The van der Waals surface area contributed by atoms with Gasteiger partial charge in [0.05, 0.1) is 23.7 Å². The Kier molecular flexibility index (Phi) is 4.03. The molecule has 0 spiro atoms. The first-order valence-electron chi connectivity index (χ1n) is 9.78. The van der Waals surface area contributed by atoms with Gasteiger partial charge in [-0.3, -0.25) is 14.0 Å². The van der Waals surface area contributed by atoms with Crippen LogP contribution in [0.1, 0.15) is 32.2 Å². The van der Waals surface area contributed by atoms with E-state index in [0.717, 1.165) is 54.1 Å². The Bertz CT molecular complexity index is 1190. The van der Waals surface area contributed by atoms with E-state index in [4.69, 9.17) is 10.5 Å². The molecule has 3 aromatic rings. The highest BCUT2D eigenvalue weighted by Crippen LogP contribution is 2.45. The monoisotopic (exact) mass is 400 g/mol. The van der Waals surface area contributed by atoms with Crippen molar-refractivity contribution in [2.24, 2.45) is 11.7 Å². The van der Waals surface area contributed by atoms with Gasteiger partial charge in [-0.2, -0.15) is 0 Å². The van der Waals surface area contributed by atoms with E-state index in [1.165, 1.54) is 11.5 Å². The number of aromatic nitrogens is 2. The standard InChI is InChI=1S/C20H24N4O3S/c1-10(21)11-7-8-23(9-11)14-6-5-13-16(18(14)27-2)24(12-3-4-12)20-15(17(13)25)19(26)22-28-20/h5-6,10-12H,3-4,7-9,21H2,1-2H3,(H,22,26)/t10-,11-/m1/s1. The number of anilines is 1. The van der Waals surface area contributed by atoms with E-state index in [9.17, 15) is 9.59 Å². The Morgan fingerprint density at radius 3 is 2.71 bits per heavy atom. The van der Waals surface area contributed by atoms with E-state index in [0.29, 0.717) is 17.3 Å². The molecule has 2 aliphatic rings. The van der Waals surface area contributed by atoms with Gasteiger partial charge in [-0.05, 0) is 55.8 Å². The molecule has 1 aromatic carbocycles. The summed E-state index contributed by atoms with van der Waals surface area (Å²) in [4.78, 5) is 28.4. The van der Waals surface area contributed by atoms with Gasteiger partial charge in [0.15, 0.2) is 5.75 Å². The molecule has 0 unspecified atom stereocenters. The molecule has 3 heterocycles. The number of fused-ring (bicyclic) bond motifs is 2. The molecular formula is C20H24N4O3S. The lowest BCUT2D eigenvalue weighted by Crippen LogP contribution is -2.30. The van der Waals surface area contributed by atoms with Crippen LogP contribution in [0.5, 0.6) is 5.75 Å². The SMILES string of the molecule is COc1c(N2CC[C@@H]([C@@H](C)N)C2)ccc2c(=O)c3c(=O)[nH]sc3n(C3CC3)c12. The van der Waals surface area contributed by atoms with Gasteiger partial charge in [-0.1, -0.05) is 0 Å². The number of hydrogen-bond acceptors (Lipinski definition) is 6. The van der Waals surface area contributed by atoms with Crippen LogP contribution in [0.15, 0.2) is 21.7 Å². The lowest BCUT2D eigenvalue weighted by atomic mass is 10.0. The summed E-state index contributed by atoms with van der Waals surface area (Å²) < 4.78 is 10.8. The summed E-state index contributed by atoms with van der Waals surface area (Å²) in [6.45, 7) is 3.86. The normalized spacial score (nSPS) is 21.0. The summed E-state index contributed by atoms with van der Waals surface area (Å²) in [6, 6.07) is 4.26. The number of nitrogens with two attached hydrogens (primary N) is 1. The van der Waals surface area contributed by atoms with Crippen LogP contribution in [0.25, 0.3) is 21.1 Å². The summed E-state index contributed by atoms with van der Waals surface area (Å²) >= 11 is 1.24. The fraction of sp³-hybridized carbons (Fsp3) is 0.500. The van der Waals surface area contributed by atoms with E-state index in [-0.39, 0.29) is 22.4 Å². The number of rotatable bonds is 4. The lowest BCUT2D eigenvalue weighted by Gasteiger charge is -2.24. The van der Waals surface area contributed by atoms with Crippen LogP contribution in [0.3, 0.4) is 0 Å². The van der Waals surface area contributed by atoms with Crippen LogP contribution < -0.4 is 26.4 Å². The fourth-order valence-corrected chi connectivity index (χ4v) is 5.37. The summed E-state index contributed by atoms with van der Waals surface area (Å²) in [5.74, 6) is 1.16. The van der Waals surface area contributed by atoms with Crippen molar-refractivity contribution in [1.29, 1.82) is 0 Å². The Morgan fingerprint density at radius 1 is 1.29 bits per heavy atom. The number of pyridine rings is 1. The lowest BCUT2D eigenvalue weighted by molar-refractivity contribution is 0.417. The smallest absolute Gasteiger partial charge is 0.271 e. The van der Waals surface area contributed by atoms with Gasteiger partial charge in [0.2, 0.25) is 5.43 Å². The van der Waals surface area contributed by atoms with E-state index in [2.05, 4.69) is 20.8 Å². The van der Waals surface area contributed by atoms with E-state index >= 15 is 0 Å². The molecule has 2 atom stereocenters. The minimum Gasteiger partial charge on any atom is -0.492 e. The van der Waals surface area contributed by atoms with Crippen LogP contribution in [0, 0.1) is 5.92 Å². The maximum Gasteiger partial charge on any atom is 0.271 e. The molecule has 2 fully saturated rings. The van der Waals surface area contributed by atoms with Crippen LogP contribution >= 0.6 is 11.5 Å². The number of ether oxygens (including phenoxy) is 1. The maximum absolute atomic E-state index is 13.1. The molecule has 3 N–H and O–H groups in total. The minimum atomic E-state index is -0.302. The quantitative estimate of drug-likeness (QED) is 0.702. The number of methoxy groups -OCH3 is 1. The van der Waals surface area contributed by atoms with E-state index < -0.39 is 0 Å². The van der Waals surface area contributed by atoms with E-state index in [1.807, 2.05) is 12.1 Å². The maximum atomic E-state index is 13.1. The molecule has 7 nitrogen and oxygen atoms in total. The molecule has 5 rings (SSSR count). The van der Waals surface area contributed by atoms with Crippen molar-refractivity contribution in [2.75, 3.05) is 25.1 Å². The first-order chi connectivity index (χ1) is 13.5. The Hall–Kier alpha value is -2.32. The first-order valence-corrected chi connectivity index (χ1v) is 10.6. The van der Waals surface area contributed by atoms with Crippen LogP contribution in [0.2, 0.25) is 0 Å². The molecule has 0 radical (unpaired) electrons. The van der Waals surface area contributed by atoms with Gasteiger partial charge in [0.1, 0.15) is 10.2 Å². The summed E-state index contributed by atoms with van der Waals surface area (Å²) in [6.07, 6.45) is 3.14. The van der Waals surface area contributed by atoms with Gasteiger partial charge in [0, 0.05) is 25.2 Å². The van der Waals surface area contributed by atoms with Gasteiger partial charge in [0.25, 0.3) is 5.56 Å². The third-order valence-electron chi connectivity index (χ3n) is 6.15. The Labute approximate surface area is 165 Å². The van der Waals surface area contributed by atoms with E-state index in [1.54, 1.807) is 7.11 Å². The van der Waals surface area contributed by atoms with Crippen molar-refractivity contribution in [2.45, 2.75) is 38.3 Å². The predicted octanol–water partition coefficient (Wildman–Crippen LogP) is 2.42. The number of hydrogen-bond donors (Lipinski definition) is 2. The molecule has 8 heteroatoms. The predicted molar refractivity (Wildman–Crippen MR) is 113 cm³/mol. The molecule has 1 aliphatic carbocycles. The molecule has 0 bridgehead atoms. The van der Waals surface area contributed by atoms with Gasteiger partial charge in [-0.15, -0.1) is 0 Å². The van der Waals surface area contributed by atoms with Crippen molar-refractivity contribution < 1.29 is 4.74 Å². The molecule has 1 aliphatic heterocycles. The summed E-state index contributed by atoms with van der Waals surface area (Å²) in [7, 11) is 1.66. The molecule has 1 saturated heterocycles. The minimum absolute atomic E-state index is 0.151. The number of H-pyrrole nitrogens is 1. The number of benzene rings is 1. The van der Waals surface area contributed by atoms with Gasteiger partial charge >= 0.3 is 0 Å².